The van der Waals surface area contributed by atoms with Gasteiger partial charge in [0.25, 0.3) is 11.2 Å². The summed E-state index contributed by atoms with van der Waals surface area (Å²) in [4.78, 5) is 22.5. The lowest BCUT2D eigenvalue weighted by atomic mass is 9.88. The van der Waals surface area contributed by atoms with Crippen LogP contribution in [0, 0.1) is 46.7 Å². The molecule has 0 aromatic heterocycles. The Labute approximate surface area is 475 Å². The molecule has 86 heavy (non-hydrogen) atoms. The second kappa shape index (κ2) is 23.8. The van der Waals surface area contributed by atoms with Crippen LogP contribution in [-0.4, -0.2) is 63.7 Å². The van der Waals surface area contributed by atoms with E-state index in [1.807, 2.05) is 0 Å². The van der Waals surface area contributed by atoms with Gasteiger partial charge in [0, 0.05) is 22.3 Å². The van der Waals surface area contributed by atoms with Gasteiger partial charge in [-0.05, 0) is 122 Å². The van der Waals surface area contributed by atoms with Gasteiger partial charge in [0.1, 0.15) is 44.4 Å². The number of aliphatic carboxylic acids is 2. The van der Waals surface area contributed by atoms with Crippen molar-refractivity contribution in [3.63, 3.8) is 0 Å². The van der Waals surface area contributed by atoms with Crippen molar-refractivity contribution in [1.82, 2.24) is 0 Å². The van der Waals surface area contributed by atoms with Crippen LogP contribution in [0.15, 0.2) is 143 Å². The standard InChI is InChI=1S/2C28H21F9O5S/c2*29-19-8-10-20(11-9-19)43(40,41)25(13-12-16(14-25)24(38)39)17-4-6-18(7-5-17)26(27(32,33)34,28(35,36)37)42-15-21-22(30)2-1-3-23(21)31/h2*1-11,16H,12-15H2,(H,38,39)/t2*16-,25-/m10/s1. The van der Waals surface area contributed by atoms with Crippen LogP contribution >= 0.6 is 0 Å². The Balaban J connectivity index is 0.000000246. The Kier molecular flexibility index (Phi) is 18.4. The molecule has 30 heteroatoms. The molecule has 8 rings (SSSR count). The number of benzene rings is 6. The van der Waals surface area contributed by atoms with Crippen molar-refractivity contribution in [3.8, 4) is 0 Å². The molecule has 6 aromatic carbocycles. The van der Waals surface area contributed by atoms with E-state index in [4.69, 9.17) is 0 Å². The van der Waals surface area contributed by atoms with Gasteiger partial charge < -0.3 is 19.7 Å². The van der Waals surface area contributed by atoms with Crippen LogP contribution in [0.4, 0.5) is 79.0 Å². The zero-order valence-electron chi connectivity index (χ0n) is 43.3. The van der Waals surface area contributed by atoms with Gasteiger partial charge in [-0.25, -0.2) is 43.2 Å². The minimum absolute atomic E-state index is 0.191. The van der Waals surface area contributed by atoms with Crippen molar-refractivity contribution < 1.29 is 125 Å². The molecule has 0 aliphatic heterocycles. The largest absolute Gasteiger partial charge is 0.481 e. The van der Waals surface area contributed by atoms with Crippen molar-refractivity contribution >= 4 is 31.6 Å². The van der Waals surface area contributed by atoms with Gasteiger partial charge in [-0.3, -0.25) is 9.59 Å². The fourth-order valence-electron chi connectivity index (χ4n) is 10.6. The molecule has 0 radical (unpaired) electrons. The predicted molar refractivity (Wildman–Crippen MR) is 263 cm³/mol. The Bertz CT molecular complexity index is 3380. The number of rotatable bonds is 16. The smallest absolute Gasteiger partial charge is 0.430 e. The monoisotopic (exact) mass is 1280 g/mol. The van der Waals surface area contributed by atoms with E-state index in [0.29, 0.717) is 72.8 Å². The van der Waals surface area contributed by atoms with E-state index in [1.165, 1.54) is 0 Å². The van der Waals surface area contributed by atoms with E-state index in [0.717, 1.165) is 60.7 Å². The van der Waals surface area contributed by atoms with Crippen LogP contribution in [0.25, 0.3) is 0 Å². The second-order valence-electron chi connectivity index (χ2n) is 19.9. The zero-order valence-corrected chi connectivity index (χ0v) is 44.9. The van der Waals surface area contributed by atoms with Crippen molar-refractivity contribution in [2.45, 2.75) is 107 Å². The van der Waals surface area contributed by atoms with Crippen molar-refractivity contribution in [3.05, 3.63) is 202 Å². The predicted octanol–water partition coefficient (Wildman–Crippen LogP) is 14.4. The highest BCUT2D eigenvalue weighted by Crippen LogP contribution is 2.58. The topological polar surface area (TPSA) is 161 Å². The average molecular weight is 1280 g/mol. The lowest BCUT2D eigenvalue weighted by Gasteiger charge is -2.38. The molecule has 2 aliphatic rings. The highest BCUT2D eigenvalue weighted by molar-refractivity contribution is 7.92. The number of ether oxygens (including phenoxy) is 2. The second-order valence-corrected chi connectivity index (χ2v) is 24.5. The van der Waals surface area contributed by atoms with E-state index in [1.54, 1.807) is 0 Å². The molecule has 2 saturated carbocycles. The lowest BCUT2D eigenvalue weighted by molar-refractivity contribution is -0.393. The summed E-state index contributed by atoms with van der Waals surface area (Å²) in [5.74, 6) is -12.6. The van der Waals surface area contributed by atoms with Crippen molar-refractivity contribution in [2.24, 2.45) is 11.8 Å². The molecule has 4 atom stereocenters. The third-order valence-electron chi connectivity index (χ3n) is 15.1. The summed E-state index contributed by atoms with van der Waals surface area (Å²) >= 11 is 0. The highest BCUT2D eigenvalue weighted by Gasteiger charge is 2.75. The summed E-state index contributed by atoms with van der Waals surface area (Å²) < 4.78 is 314. The van der Waals surface area contributed by atoms with E-state index in [2.05, 4.69) is 9.47 Å². The molecule has 2 aliphatic carbocycles. The number of carbonyl (C=O) groups is 2. The number of hydrogen-bond donors (Lipinski definition) is 2. The fourth-order valence-corrected chi connectivity index (χ4v) is 15.0. The van der Waals surface area contributed by atoms with Gasteiger partial charge in [-0.2, -0.15) is 52.7 Å². The van der Waals surface area contributed by atoms with E-state index in [9.17, 15) is 116 Å². The third-order valence-corrected chi connectivity index (χ3v) is 20.2. The Hall–Kier alpha value is -7.18. The molecule has 6 aromatic rings. The molecule has 0 saturated heterocycles. The lowest BCUT2D eigenvalue weighted by Crippen LogP contribution is -2.56. The zero-order chi connectivity index (χ0) is 64.0. The molecule has 2 fully saturated rings. The van der Waals surface area contributed by atoms with Gasteiger partial charge >= 0.3 is 36.6 Å². The van der Waals surface area contributed by atoms with Crippen LogP contribution in [0.2, 0.25) is 0 Å². The molecule has 0 heterocycles. The molecule has 10 nitrogen and oxygen atoms in total. The maximum atomic E-state index is 14.3. The van der Waals surface area contributed by atoms with Gasteiger partial charge in [-0.1, -0.05) is 60.7 Å². The summed E-state index contributed by atoms with van der Waals surface area (Å²) in [6.45, 7) is -3.55. The minimum atomic E-state index is -6.23. The van der Waals surface area contributed by atoms with Crippen LogP contribution in [0.1, 0.15) is 71.9 Å². The number of sulfone groups is 2. The molecular weight excluding hydrogens is 1240 g/mol. The van der Waals surface area contributed by atoms with Crippen molar-refractivity contribution in [1.29, 1.82) is 0 Å². The summed E-state index contributed by atoms with van der Waals surface area (Å²) in [5.41, 5.74) is -16.4. The first-order valence-corrected chi connectivity index (χ1v) is 27.8. The first kappa shape index (κ1) is 66.3. The van der Waals surface area contributed by atoms with Gasteiger partial charge in [0.15, 0.2) is 19.7 Å². The molecule has 464 valence electrons. The van der Waals surface area contributed by atoms with Crippen LogP contribution in [0.5, 0.6) is 0 Å². The number of carboxylic acid groups (broad SMARTS) is 2. The molecular formula is C56H42F18O10S2. The summed E-state index contributed by atoms with van der Waals surface area (Å²) in [6.07, 6.45) is -27.2. The molecule has 2 N–H and O–H groups in total. The first-order valence-electron chi connectivity index (χ1n) is 24.8. The summed E-state index contributed by atoms with van der Waals surface area (Å²) in [7, 11) is -9.17. The van der Waals surface area contributed by atoms with Crippen LogP contribution < -0.4 is 0 Å². The number of halogens is 18. The summed E-state index contributed by atoms with van der Waals surface area (Å²) in [6, 6.07) is 15.1. The number of carboxylic acids is 2. The fraction of sp³-hybridized carbons (Fsp3) is 0.321. The van der Waals surface area contributed by atoms with E-state index >= 15 is 0 Å². The van der Waals surface area contributed by atoms with Crippen LogP contribution in [-0.2, 0) is 72.6 Å². The normalized spacial score (nSPS) is 19.9. The Morgan fingerprint density at radius 3 is 0.930 bits per heavy atom. The molecule has 0 bridgehead atoms. The highest BCUT2D eigenvalue weighted by atomic mass is 32.2. The minimum Gasteiger partial charge on any atom is -0.481 e. The number of hydrogen-bond acceptors (Lipinski definition) is 8. The van der Waals surface area contributed by atoms with E-state index in [-0.39, 0.29) is 36.8 Å². The maximum Gasteiger partial charge on any atom is 0.430 e. The van der Waals surface area contributed by atoms with Crippen molar-refractivity contribution in [2.75, 3.05) is 0 Å². The van der Waals surface area contributed by atoms with Gasteiger partial charge in [0.05, 0.1) is 34.8 Å². The molecule has 0 unspecified atom stereocenters. The Morgan fingerprint density at radius 2 is 0.698 bits per heavy atom. The quantitative estimate of drug-likeness (QED) is 0.0705. The summed E-state index contributed by atoms with van der Waals surface area (Å²) in [5, 5.41) is 19.0. The molecule has 0 amide bonds. The third kappa shape index (κ3) is 11.9. The first-order chi connectivity index (χ1) is 39.7. The van der Waals surface area contributed by atoms with E-state index < -0.39 is 182 Å². The Morgan fingerprint density at radius 1 is 0.430 bits per heavy atom. The van der Waals surface area contributed by atoms with Gasteiger partial charge in [0.2, 0.25) is 0 Å². The van der Waals surface area contributed by atoms with Gasteiger partial charge in [-0.15, -0.1) is 0 Å². The SMILES string of the molecule is O=C(O)[C@@H]1CC[C@@](c2ccc(C(OCc3c(F)cccc3F)(C(F)(F)F)C(F)(F)F)cc2)(S(=O)(=O)c2ccc(F)cc2)C1.O=C(O)[C@H]1CC[C@](c2ccc(C(OCc3c(F)cccc3F)(C(F)(F)F)C(F)(F)F)cc2)(S(=O)(=O)c2ccc(F)cc2)C1. The maximum absolute atomic E-state index is 14.3. The molecule has 0 spiro atoms. The van der Waals surface area contributed by atoms with Crippen LogP contribution in [0.3, 0.4) is 0 Å². The number of alkyl halides is 12. The average Bonchev–Trinajstić information content (AvgIpc) is 1.19.